The van der Waals surface area contributed by atoms with Crippen LogP contribution in [0.25, 0.3) is 12.7 Å². The Labute approximate surface area is 173 Å². The molecule has 2 aromatic carbocycles. The second-order valence-corrected chi connectivity index (χ2v) is 6.24. The first-order valence-electron chi connectivity index (χ1n) is 9.11. The van der Waals surface area contributed by atoms with E-state index in [2.05, 4.69) is 27.2 Å². The van der Waals surface area contributed by atoms with E-state index < -0.39 is 4.92 Å². The molecule has 0 aliphatic heterocycles. The normalized spacial score (nSPS) is 11.8. The van der Waals surface area contributed by atoms with Crippen LogP contribution >= 0.6 is 0 Å². The number of methoxy groups -OCH3 is 1. The number of aromatic nitrogens is 2. The number of hydrogen-bond acceptors (Lipinski definition) is 7. The zero-order chi connectivity index (χ0) is 21.5. The molecule has 0 saturated heterocycles. The third-order valence-electron chi connectivity index (χ3n) is 4.25. The number of allylic oxidation sites excluding steroid dienone is 2. The maximum absolute atomic E-state index is 11.0. The van der Waals surface area contributed by atoms with Crippen LogP contribution in [0, 0.1) is 10.1 Å². The van der Waals surface area contributed by atoms with Gasteiger partial charge in [-0.2, -0.15) is 4.98 Å². The Hall–Kier alpha value is -4.20. The van der Waals surface area contributed by atoms with Crippen molar-refractivity contribution in [2.24, 2.45) is 0 Å². The molecule has 0 unspecified atom stereocenters. The molecule has 0 spiro atoms. The monoisotopic (exact) mass is 403 g/mol. The molecule has 0 bridgehead atoms. The largest absolute Gasteiger partial charge is 0.494 e. The number of ether oxygens (including phenoxy) is 1. The van der Waals surface area contributed by atoms with E-state index >= 15 is 0 Å². The molecule has 1 aromatic heterocycles. The molecule has 152 valence electrons. The van der Waals surface area contributed by atoms with E-state index in [1.807, 2.05) is 43.3 Å². The summed E-state index contributed by atoms with van der Waals surface area (Å²) in [4.78, 5) is 19.1. The van der Waals surface area contributed by atoms with Crippen LogP contribution in [0.3, 0.4) is 0 Å². The lowest BCUT2D eigenvalue weighted by Crippen LogP contribution is -2.22. The Kier molecular flexibility index (Phi) is 6.39. The average Bonchev–Trinajstić information content (AvgIpc) is 2.75. The van der Waals surface area contributed by atoms with Crippen molar-refractivity contribution in [3.05, 3.63) is 87.1 Å². The van der Waals surface area contributed by atoms with Gasteiger partial charge in [0.1, 0.15) is 11.6 Å². The molecule has 3 rings (SSSR count). The molecule has 1 heterocycles. The Morgan fingerprint density at radius 3 is 2.73 bits per heavy atom. The Morgan fingerprint density at radius 2 is 2.03 bits per heavy atom. The first-order chi connectivity index (χ1) is 14.5. The van der Waals surface area contributed by atoms with E-state index in [-0.39, 0.29) is 5.69 Å². The minimum Gasteiger partial charge on any atom is -0.494 e. The Bertz CT molecular complexity index is 1210. The van der Waals surface area contributed by atoms with Crippen molar-refractivity contribution in [3.63, 3.8) is 0 Å². The highest BCUT2D eigenvalue weighted by molar-refractivity contribution is 5.66. The standard InChI is InChI=1S/C22H21N5O3/c1-4-17(13-16-8-6-5-7-15(16)2)24-21-11-12-23-22(26-21)25-19-10-9-18(27(28)29)14-20(19)30-3/h4-14H,2H2,1,3H3,(H2,23,24,25,26)/b16-13-,17-4+. The Morgan fingerprint density at radius 1 is 1.23 bits per heavy atom. The summed E-state index contributed by atoms with van der Waals surface area (Å²) >= 11 is 0. The van der Waals surface area contributed by atoms with E-state index in [0.29, 0.717) is 23.2 Å². The smallest absolute Gasteiger partial charge is 0.273 e. The van der Waals surface area contributed by atoms with Crippen LogP contribution in [0.1, 0.15) is 6.92 Å². The van der Waals surface area contributed by atoms with Crippen molar-refractivity contribution in [1.82, 2.24) is 9.97 Å². The predicted octanol–water partition coefficient (Wildman–Crippen LogP) is 3.34. The number of anilines is 3. The summed E-state index contributed by atoms with van der Waals surface area (Å²) in [5, 5.41) is 19.2. The van der Waals surface area contributed by atoms with Crippen molar-refractivity contribution in [3.8, 4) is 5.75 Å². The molecule has 0 saturated carbocycles. The molecule has 0 atom stereocenters. The van der Waals surface area contributed by atoms with Crippen molar-refractivity contribution in [1.29, 1.82) is 0 Å². The van der Waals surface area contributed by atoms with Crippen molar-refractivity contribution in [2.75, 3.05) is 17.7 Å². The number of nitrogens with zero attached hydrogens (tertiary/aromatic N) is 3. The third kappa shape index (κ3) is 4.99. The van der Waals surface area contributed by atoms with Crippen LogP contribution in [-0.2, 0) is 0 Å². The van der Waals surface area contributed by atoms with E-state index in [1.165, 1.54) is 19.2 Å². The lowest BCUT2D eigenvalue weighted by Gasteiger charge is -2.11. The minimum atomic E-state index is -0.480. The molecule has 0 aliphatic carbocycles. The molecule has 30 heavy (non-hydrogen) atoms. The molecule has 0 amide bonds. The number of rotatable bonds is 7. The molecule has 3 aromatic rings. The molecular weight excluding hydrogens is 382 g/mol. The quantitative estimate of drug-likeness (QED) is 0.461. The van der Waals surface area contributed by atoms with Gasteiger partial charge in [0.25, 0.3) is 5.69 Å². The molecule has 0 aliphatic rings. The predicted molar refractivity (Wildman–Crippen MR) is 118 cm³/mol. The summed E-state index contributed by atoms with van der Waals surface area (Å²) in [6.45, 7) is 5.96. The number of nitrogens with one attached hydrogen (secondary N) is 2. The van der Waals surface area contributed by atoms with Crippen LogP contribution < -0.4 is 25.8 Å². The van der Waals surface area contributed by atoms with Gasteiger partial charge in [0.05, 0.1) is 23.8 Å². The van der Waals surface area contributed by atoms with Gasteiger partial charge >= 0.3 is 0 Å². The zero-order valence-corrected chi connectivity index (χ0v) is 16.6. The van der Waals surface area contributed by atoms with Gasteiger partial charge < -0.3 is 15.4 Å². The van der Waals surface area contributed by atoms with E-state index in [9.17, 15) is 10.1 Å². The van der Waals surface area contributed by atoms with Gasteiger partial charge in [0, 0.05) is 18.0 Å². The third-order valence-corrected chi connectivity index (χ3v) is 4.25. The minimum absolute atomic E-state index is 0.0623. The topological polar surface area (TPSA) is 102 Å². The second kappa shape index (κ2) is 9.33. The average molecular weight is 403 g/mol. The fourth-order valence-electron chi connectivity index (χ4n) is 2.69. The van der Waals surface area contributed by atoms with E-state index in [4.69, 9.17) is 4.74 Å². The molecule has 8 heteroatoms. The van der Waals surface area contributed by atoms with Crippen molar-refractivity contribution >= 4 is 35.8 Å². The lowest BCUT2D eigenvalue weighted by atomic mass is 10.2. The summed E-state index contributed by atoms with van der Waals surface area (Å²) in [7, 11) is 1.44. The van der Waals surface area contributed by atoms with Crippen LogP contribution in [0.5, 0.6) is 5.75 Å². The summed E-state index contributed by atoms with van der Waals surface area (Å²) in [6, 6.07) is 13.9. The first kappa shape index (κ1) is 20.5. The summed E-state index contributed by atoms with van der Waals surface area (Å²) in [6.07, 6.45) is 5.52. The number of nitro benzene ring substituents is 1. The summed E-state index contributed by atoms with van der Waals surface area (Å²) in [5.41, 5.74) is 1.31. The van der Waals surface area contributed by atoms with Crippen molar-refractivity contribution in [2.45, 2.75) is 6.92 Å². The van der Waals surface area contributed by atoms with Gasteiger partial charge in [-0.1, -0.05) is 36.9 Å². The SMILES string of the molecule is C=c1cccc/c1=C/C(=C\C)Nc1ccnc(Nc2ccc([N+](=O)[O-])cc2OC)n1. The fourth-order valence-corrected chi connectivity index (χ4v) is 2.69. The van der Waals surface area contributed by atoms with E-state index in [1.54, 1.807) is 18.3 Å². The highest BCUT2D eigenvalue weighted by atomic mass is 16.6. The number of benzene rings is 2. The van der Waals surface area contributed by atoms with Gasteiger partial charge in [-0.3, -0.25) is 10.1 Å². The zero-order valence-electron chi connectivity index (χ0n) is 16.6. The Balaban J connectivity index is 1.83. The van der Waals surface area contributed by atoms with Gasteiger partial charge in [-0.25, -0.2) is 4.98 Å². The van der Waals surface area contributed by atoms with Crippen molar-refractivity contribution < 1.29 is 9.66 Å². The first-order valence-corrected chi connectivity index (χ1v) is 9.11. The summed E-state index contributed by atoms with van der Waals surface area (Å²) < 4.78 is 5.24. The molecule has 8 nitrogen and oxygen atoms in total. The van der Waals surface area contributed by atoms with Crippen LogP contribution in [0.2, 0.25) is 0 Å². The number of non-ortho nitro benzene ring substituents is 1. The lowest BCUT2D eigenvalue weighted by molar-refractivity contribution is -0.384. The maximum Gasteiger partial charge on any atom is 0.273 e. The summed E-state index contributed by atoms with van der Waals surface area (Å²) in [5.74, 6) is 1.22. The van der Waals surface area contributed by atoms with Gasteiger partial charge in [-0.15, -0.1) is 0 Å². The second-order valence-electron chi connectivity index (χ2n) is 6.24. The van der Waals surface area contributed by atoms with Gasteiger partial charge in [0.15, 0.2) is 0 Å². The number of nitro groups is 1. The van der Waals surface area contributed by atoms with Crippen LogP contribution in [0.15, 0.2) is 66.5 Å². The molecule has 0 radical (unpaired) electrons. The van der Waals surface area contributed by atoms with Gasteiger partial charge in [-0.05, 0) is 35.6 Å². The van der Waals surface area contributed by atoms with E-state index in [0.717, 1.165) is 16.1 Å². The number of hydrogen-bond donors (Lipinski definition) is 2. The highest BCUT2D eigenvalue weighted by Crippen LogP contribution is 2.30. The van der Waals surface area contributed by atoms with Crippen LogP contribution in [-0.4, -0.2) is 22.0 Å². The van der Waals surface area contributed by atoms with Crippen LogP contribution in [0.4, 0.5) is 23.1 Å². The fraction of sp³-hybridized carbons (Fsp3) is 0.0909. The maximum atomic E-state index is 11.0. The highest BCUT2D eigenvalue weighted by Gasteiger charge is 2.12. The molecule has 0 fully saturated rings. The van der Waals surface area contributed by atoms with Gasteiger partial charge in [0.2, 0.25) is 5.95 Å². The molecular formula is C22H21N5O3. The molecule has 2 N–H and O–H groups in total.